The highest BCUT2D eigenvalue weighted by molar-refractivity contribution is 5.74. The van der Waals surface area contributed by atoms with Crippen LogP contribution in [0.1, 0.15) is 18.3 Å². The van der Waals surface area contributed by atoms with Crippen LogP contribution in [0, 0.1) is 5.82 Å². The maximum atomic E-state index is 13.1. The number of benzene rings is 1. The van der Waals surface area contributed by atoms with Crippen molar-refractivity contribution in [2.45, 2.75) is 20.0 Å². The van der Waals surface area contributed by atoms with Crippen LogP contribution in [0.2, 0.25) is 0 Å². The fourth-order valence-electron chi connectivity index (χ4n) is 3.20. The molecule has 0 spiro atoms. The Bertz CT molecular complexity index is 743. The lowest BCUT2D eigenvalue weighted by atomic mass is 10.2. The van der Waals surface area contributed by atoms with Crippen LogP contribution in [0.3, 0.4) is 0 Å². The van der Waals surface area contributed by atoms with Gasteiger partial charge in [-0.3, -0.25) is 4.90 Å². The van der Waals surface area contributed by atoms with Crippen molar-refractivity contribution in [1.29, 1.82) is 0 Å². The molecule has 1 aliphatic rings. The fourth-order valence-corrected chi connectivity index (χ4v) is 3.20. The zero-order valence-corrected chi connectivity index (χ0v) is 16.3. The topological polar surface area (TPSA) is 62.6 Å². The summed E-state index contributed by atoms with van der Waals surface area (Å²) >= 11 is 0. The smallest absolute Gasteiger partial charge is 0.317 e. The molecule has 3 rings (SSSR count). The van der Waals surface area contributed by atoms with E-state index in [-0.39, 0.29) is 11.8 Å². The number of urea groups is 1. The number of rotatable bonds is 8. The summed E-state index contributed by atoms with van der Waals surface area (Å²) < 4.78 is 20.5. The highest BCUT2D eigenvalue weighted by Gasteiger charge is 2.18. The van der Waals surface area contributed by atoms with Gasteiger partial charge in [-0.1, -0.05) is 12.1 Å². The predicted molar refractivity (Wildman–Crippen MR) is 104 cm³/mol. The van der Waals surface area contributed by atoms with E-state index in [1.54, 1.807) is 23.2 Å². The first kappa shape index (κ1) is 20.3. The van der Waals surface area contributed by atoms with Crippen LogP contribution >= 0.6 is 0 Å². The molecule has 1 aromatic carbocycles. The minimum atomic E-state index is -0.250. The standard InChI is InChI=1S/C20H28FN5O2/c1-2-22-20(27)26(10-9-24-11-13-28-14-12-24)16-19-23-7-8-25(19)15-17-3-5-18(21)6-4-17/h3-8H,2,9-16H2,1H3,(H,22,27). The van der Waals surface area contributed by atoms with Crippen LogP contribution in [0.5, 0.6) is 0 Å². The predicted octanol–water partition coefficient (Wildman–Crippen LogP) is 1.93. The maximum absolute atomic E-state index is 13.1. The zero-order valence-electron chi connectivity index (χ0n) is 16.3. The van der Waals surface area contributed by atoms with Crippen molar-refractivity contribution in [1.82, 2.24) is 24.7 Å². The number of nitrogens with one attached hydrogen (secondary N) is 1. The van der Waals surface area contributed by atoms with Crippen LogP contribution in [0.15, 0.2) is 36.7 Å². The number of imidazole rings is 1. The van der Waals surface area contributed by atoms with Crippen LogP contribution in [0.25, 0.3) is 0 Å². The first-order valence-electron chi connectivity index (χ1n) is 9.73. The number of carbonyl (C=O) groups excluding carboxylic acids is 1. The number of carbonyl (C=O) groups is 1. The van der Waals surface area contributed by atoms with Gasteiger partial charge in [-0.2, -0.15) is 0 Å². The van der Waals surface area contributed by atoms with Crippen molar-refractivity contribution < 1.29 is 13.9 Å². The normalized spacial score (nSPS) is 14.8. The number of hydrogen-bond acceptors (Lipinski definition) is 4. The van der Waals surface area contributed by atoms with E-state index in [1.165, 1.54) is 12.1 Å². The van der Waals surface area contributed by atoms with Crippen molar-refractivity contribution >= 4 is 6.03 Å². The molecule has 1 saturated heterocycles. The van der Waals surface area contributed by atoms with Gasteiger partial charge in [0.05, 0.1) is 19.8 Å². The molecule has 8 heteroatoms. The van der Waals surface area contributed by atoms with E-state index < -0.39 is 0 Å². The Labute approximate surface area is 165 Å². The Morgan fingerprint density at radius 1 is 1.29 bits per heavy atom. The van der Waals surface area contributed by atoms with E-state index in [2.05, 4.69) is 15.2 Å². The molecule has 1 aromatic heterocycles. The van der Waals surface area contributed by atoms with Gasteiger partial charge in [-0.25, -0.2) is 14.2 Å². The maximum Gasteiger partial charge on any atom is 0.317 e. The van der Waals surface area contributed by atoms with Crippen LogP contribution in [0.4, 0.5) is 9.18 Å². The molecule has 0 bridgehead atoms. The van der Waals surface area contributed by atoms with Gasteiger partial charge < -0.3 is 19.5 Å². The number of amides is 2. The van der Waals surface area contributed by atoms with Gasteiger partial charge in [-0.15, -0.1) is 0 Å². The SMILES string of the molecule is CCNC(=O)N(CCN1CCOCC1)Cc1nccn1Cc1ccc(F)cc1. The molecule has 0 unspecified atom stereocenters. The Morgan fingerprint density at radius 3 is 2.75 bits per heavy atom. The van der Waals surface area contributed by atoms with Gasteiger partial charge in [0.1, 0.15) is 11.6 Å². The van der Waals surface area contributed by atoms with Crippen molar-refractivity contribution in [2.24, 2.45) is 0 Å². The molecule has 0 atom stereocenters. The fraction of sp³-hybridized carbons (Fsp3) is 0.500. The molecule has 0 aliphatic carbocycles. The van der Waals surface area contributed by atoms with Crippen LogP contribution in [-0.2, 0) is 17.8 Å². The third-order valence-corrected chi connectivity index (χ3v) is 4.81. The summed E-state index contributed by atoms with van der Waals surface area (Å²) in [7, 11) is 0. The minimum Gasteiger partial charge on any atom is -0.379 e. The molecule has 0 radical (unpaired) electrons. The molecule has 1 N–H and O–H groups in total. The highest BCUT2D eigenvalue weighted by Crippen LogP contribution is 2.10. The lowest BCUT2D eigenvalue weighted by Crippen LogP contribution is -2.46. The molecular weight excluding hydrogens is 361 g/mol. The van der Waals surface area contributed by atoms with E-state index in [0.29, 0.717) is 26.2 Å². The van der Waals surface area contributed by atoms with Crippen LogP contribution in [-0.4, -0.2) is 71.3 Å². The summed E-state index contributed by atoms with van der Waals surface area (Å²) in [6.07, 6.45) is 3.62. The van der Waals surface area contributed by atoms with E-state index in [9.17, 15) is 9.18 Å². The number of morpholine rings is 1. The molecule has 152 valence electrons. The largest absolute Gasteiger partial charge is 0.379 e. The lowest BCUT2D eigenvalue weighted by molar-refractivity contribution is 0.0345. The first-order valence-corrected chi connectivity index (χ1v) is 9.73. The summed E-state index contributed by atoms with van der Waals surface area (Å²) in [5.41, 5.74) is 0.985. The molecule has 0 saturated carbocycles. The summed E-state index contributed by atoms with van der Waals surface area (Å²) in [5, 5.41) is 2.89. The van der Waals surface area contributed by atoms with Crippen molar-refractivity contribution in [3.63, 3.8) is 0 Å². The summed E-state index contributed by atoms with van der Waals surface area (Å²) in [4.78, 5) is 21.1. The summed E-state index contributed by atoms with van der Waals surface area (Å²) in [5.74, 6) is 0.553. The lowest BCUT2D eigenvalue weighted by Gasteiger charge is -2.30. The average molecular weight is 389 g/mol. The summed E-state index contributed by atoms with van der Waals surface area (Å²) in [6.45, 7) is 8.18. The van der Waals surface area contributed by atoms with Gasteiger partial charge in [0, 0.05) is 51.7 Å². The molecule has 1 aliphatic heterocycles. The third kappa shape index (κ3) is 5.77. The Balaban J connectivity index is 1.65. The Kier molecular flexibility index (Phi) is 7.39. The third-order valence-electron chi connectivity index (χ3n) is 4.81. The number of hydrogen-bond donors (Lipinski definition) is 1. The number of aromatic nitrogens is 2. The van der Waals surface area contributed by atoms with Gasteiger partial charge in [0.2, 0.25) is 0 Å². The quantitative estimate of drug-likeness (QED) is 0.750. The second kappa shape index (κ2) is 10.2. The minimum absolute atomic E-state index is 0.0907. The van der Waals surface area contributed by atoms with E-state index in [4.69, 9.17) is 4.74 Å². The molecule has 1 fully saturated rings. The van der Waals surface area contributed by atoms with E-state index in [0.717, 1.165) is 44.2 Å². The molecular formula is C20H28FN5O2. The highest BCUT2D eigenvalue weighted by atomic mass is 19.1. The van der Waals surface area contributed by atoms with E-state index >= 15 is 0 Å². The molecule has 2 heterocycles. The Hall–Kier alpha value is -2.45. The van der Waals surface area contributed by atoms with Gasteiger partial charge in [0.15, 0.2) is 0 Å². The van der Waals surface area contributed by atoms with Crippen molar-refractivity contribution in [3.8, 4) is 0 Å². The molecule has 2 aromatic rings. The van der Waals surface area contributed by atoms with Gasteiger partial charge >= 0.3 is 6.03 Å². The summed E-state index contributed by atoms with van der Waals surface area (Å²) in [6, 6.07) is 6.34. The monoisotopic (exact) mass is 389 g/mol. The second-order valence-corrected chi connectivity index (χ2v) is 6.81. The van der Waals surface area contributed by atoms with Crippen molar-refractivity contribution in [2.75, 3.05) is 45.9 Å². The van der Waals surface area contributed by atoms with Crippen molar-refractivity contribution in [3.05, 3.63) is 53.9 Å². The number of halogens is 1. The number of ether oxygens (including phenoxy) is 1. The Morgan fingerprint density at radius 2 is 2.04 bits per heavy atom. The van der Waals surface area contributed by atoms with E-state index in [1.807, 2.05) is 17.7 Å². The molecule has 28 heavy (non-hydrogen) atoms. The number of nitrogens with zero attached hydrogens (tertiary/aromatic N) is 4. The molecule has 2 amide bonds. The zero-order chi connectivity index (χ0) is 19.8. The van der Waals surface area contributed by atoms with Gasteiger partial charge in [0.25, 0.3) is 0 Å². The first-order chi connectivity index (χ1) is 13.7. The van der Waals surface area contributed by atoms with Gasteiger partial charge in [-0.05, 0) is 24.6 Å². The van der Waals surface area contributed by atoms with Crippen LogP contribution < -0.4 is 5.32 Å². The second-order valence-electron chi connectivity index (χ2n) is 6.81. The molecule has 7 nitrogen and oxygen atoms in total. The average Bonchev–Trinajstić information content (AvgIpc) is 3.14.